The molecule has 0 spiro atoms. The maximum atomic E-state index is 6.01. The van der Waals surface area contributed by atoms with E-state index in [2.05, 4.69) is 15.9 Å². The fourth-order valence-electron chi connectivity index (χ4n) is 1.23. The van der Waals surface area contributed by atoms with Crippen LogP contribution in [-0.4, -0.2) is 0 Å². The van der Waals surface area contributed by atoms with Crippen molar-refractivity contribution >= 4 is 38.3 Å². The minimum absolute atomic E-state index is 0.800. The molecule has 0 nitrogen and oxygen atoms in total. The van der Waals surface area contributed by atoms with Gasteiger partial charge < -0.3 is 0 Å². The van der Waals surface area contributed by atoms with Crippen LogP contribution in [0.3, 0.4) is 0 Å². The highest BCUT2D eigenvalue weighted by Crippen LogP contribution is 2.29. The summed E-state index contributed by atoms with van der Waals surface area (Å²) in [5.41, 5.74) is 0. The largest absolute Gasteiger partial charge is 0.0837 e. The highest BCUT2D eigenvalue weighted by Gasteiger charge is 2.00. The van der Waals surface area contributed by atoms with Crippen LogP contribution < -0.4 is 0 Å². The Hall–Kier alpha value is -0.530. The van der Waals surface area contributed by atoms with Crippen molar-refractivity contribution in [1.82, 2.24) is 0 Å². The topological polar surface area (TPSA) is 0 Å². The zero-order chi connectivity index (χ0) is 8.55. The van der Waals surface area contributed by atoms with E-state index >= 15 is 0 Å². The van der Waals surface area contributed by atoms with Gasteiger partial charge >= 0.3 is 0 Å². The lowest BCUT2D eigenvalue weighted by Crippen LogP contribution is -1.74. The molecule has 0 atom stereocenters. The first kappa shape index (κ1) is 8.09. The molecule has 0 aromatic heterocycles. The zero-order valence-corrected chi connectivity index (χ0v) is 8.56. The second-order valence-corrected chi connectivity index (χ2v) is 3.84. The van der Waals surface area contributed by atoms with E-state index in [1.165, 1.54) is 0 Å². The van der Waals surface area contributed by atoms with Crippen molar-refractivity contribution in [2.45, 2.75) is 0 Å². The van der Waals surface area contributed by atoms with Crippen LogP contribution in [0.25, 0.3) is 10.8 Å². The van der Waals surface area contributed by atoms with Gasteiger partial charge in [-0.1, -0.05) is 51.8 Å². The van der Waals surface area contributed by atoms with Crippen LogP contribution in [0.1, 0.15) is 0 Å². The highest BCUT2D eigenvalue weighted by molar-refractivity contribution is 9.10. The Morgan fingerprint density at radius 3 is 2.25 bits per heavy atom. The molecule has 0 saturated carbocycles. The summed E-state index contributed by atoms with van der Waals surface area (Å²) < 4.78 is 1.09. The lowest BCUT2D eigenvalue weighted by molar-refractivity contribution is 1.71. The Morgan fingerprint density at radius 2 is 1.58 bits per heavy atom. The molecule has 0 aliphatic heterocycles. The Morgan fingerprint density at radius 1 is 0.917 bits per heavy atom. The van der Waals surface area contributed by atoms with Gasteiger partial charge in [-0.05, 0) is 17.5 Å². The standard InChI is InChI=1S/C10H6BrCl/c11-9-5-6-10(12)8-4-2-1-3-7(8)9/h1-6H. The average Bonchev–Trinajstić information content (AvgIpc) is 2.12. The van der Waals surface area contributed by atoms with Crippen LogP contribution in [0.5, 0.6) is 0 Å². The second-order valence-electron chi connectivity index (χ2n) is 2.57. The third kappa shape index (κ3) is 1.23. The molecule has 0 aliphatic carbocycles. The second kappa shape index (κ2) is 3.08. The first-order chi connectivity index (χ1) is 5.79. The molecule has 0 saturated heterocycles. The summed E-state index contributed by atoms with van der Waals surface area (Å²) in [5, 5.41) is 3.05. The van der Waals surface area contributed by atoms with E-state index in [9.17, 15) is 0 Å². The van der Waals surface area contributed by atoms with Crippen molar-refractivity contribution < 1.29 is 0 Å². The van der Waals surface area contributed by atoms with Crippen LogP contribution in [0, 0.1) is 0 Å². The van der Waals surface area contributed by atoms with Crippen molar-refractivity contribution in [3.05, 3.63) is 45.9 Å². The fourth-order valence-corrected chi connectivity index (χ4v) is 1.93. The van der Waals surface area contributed by atoms with Crippen molar-refractivity contribution in [1.29, 1.82) is 0 Å². The minimum atomic E-state index is 0.800. The number of halogens is 2. The van der Waals surface area contributed by atoms with Crippen molar-refractivity contribution in [2.24, 2.45) is 0 Å². The van der Waals surface area contributed by atoms with Gasteiger partial charge in [0.2, 0.25) is 0 Å². The first-order valence-electron chi connectivity index (χ1n) is 3.62. The van der Waals surface area contributed by atoms with Gasteiger partial charge in [-0.2, -0.15) is 0 Å². The SMILES string of the molecule is Clc1ccc(Br)c2ccccc12. The van der Waals surface area contributed by atoms with Crippen LogP contribution in [-0.2, 0) is 0 Å². The Labute approximate surface area is 84.3 Å². The number of benzene rings is 2. The third-order valence-corrected chi connectivity index (χ3v) is 2.84. The number of hydrogen-bond donors (Lipinski definition) is 0. The monoisotopic (exact) mass is 240 g/mol. The van der Waals surface area contributed by atoms with E-state index in [1.54, 1.807) is 0 Å². The van der Waals surface area contributed by atoms with Crippen LogP contribution in [0.2, 0.25) is 5.02 Å². The van der Waals surface area contributed by atoms with Gasteiger partial charge in [0.05, 0.1) is 0 Å². The maximum Gasteiger partial charge on any atom is 0.0485 e. The number of hydrogen-bond acceptors (Lipinski definition) is 0. The summed E-state index contributed by atoms with van der Waals surface area (Å²) >= 11 is 9.48. The summed E-state index contributed by atoms with van der Waals surface area (Å²) in [4.78, 5) is 0. The molecule has 60 valence electrons. The van der Waals surface area contributed by atoms with E-state index < -0.39 is 0 Å². The van der Waals surface area contributed by atoms with E-state index in [4.69, 9.17) is 11.6 Å². The van der Waals surface area contributed by atoms with Gasteiger partial charge in [-0.15, -0.1) is 0 Å². The van der Waals surface area contributed by atoms with Gasteiger partial charge in [0.1, 0.15) is 0 Å². The predicted octanol–water partition coefficient (Wildman–Crippen LogP) is 4.26. The first-order valence-corrected chi connectivity index (χ1v) is 4.79. The quantitative estimate of drug-likeness (QED) is 0.647. The molecule has 0 N–H and O–H groups in total. The Kier molecular flexibility index (Phi) is 2.07. The molecule has 0 amide bonds. The molecule has 0 fully saturated rings. The van der Waals surface area contributed by atoms with Crippen molar-refractivity contribution in [3.8, 4) is 0 Å². The molecule has 0 bridgehead atoms. The minimum Gasteiger partial charge on any atom is -0.0837 e. The average molecular weight is 242 g/mol. The fraction of sp³-hybridized carbons (Fsp3) is 0. The van der Waals surface area contributed by atoms with Crippen LogP contribution in [0.4, 0.5) is 0 Å². The van der Waals surface area contributed by atoms with E-state index in [0.29, 0.717) is 0 Å². The Bertz CT molecular complexity index is 383. The molecule has 0 unspecified atom stereocenters. The van der Waals surface area contributed by atoms with Crippen molar-refractivity contribution in [2.75, 3.05) is 0 Å². The molecule has 0 aliphatic rings. The highest BCUT2D eigenvalue weighted by atomic mass is 79.9. The summed E-state index contributed by atoms with van der Waals surface area (Å²) in [6.45, 7) is 0. The van der Waals surface area contributed by atoms with Crippen LogP contribution >= 0.6 is 27.5 Å². The molecular formula is C10H6BrCl. The third-order valence-electron chi connectivity index (χ3n) is 1.82. The van der Waals surface area contributed by atoms with Gasteiger partial charge in [0.25, 0.3) is 0 Å². The predicted molar refractivity (Wildman–Crippen MR) is 56.7 cm³/mol. The van der Waals surface area contributed by atoms with Gasteiger partial charge in [0.15, 0.2) is 0 Å². The molecule has 12 heavy (non-hydrogen) atoms. The van der Waals surface area contributed by atoms with E-state index in [0.717, 1.165) is 20.3 Å². The molecular weight excluding hydrogens is 235 g/mol. The molecule has 2 aromatic carbocycles. The molecule has 2 aromatic rings. The summed E-state index contributed by atoms with van der Waals surface area (Å²) in [6.07, 6.45) is 0. The summed E-state index contributed by atoms with van der Waals surface area (Å²) in [6, 6.07) is 11.9. The lowest BCUT2D eigenvalue weighted by atomic mass is 10.1. The van der Waals surface area contributed by atoms with Gasteiger partial charge in [-0.25, -0.2) is 0 Å². The molecule has 2 heteroatoms. The van der Waals surface area contributed by atoms with E-state index in [1.807, 2.05) is 36.4 Å². The summed E-state index contributed by atoms with van der Waals surface area (Å²) in [7, 11) is 0. The zero-order valence-electron chi connectivity index (χ0n) is 6.22. The number of rotatable bonds is 0. The van der Waals surface area contributed by atoms with Gasteiger partial charge in [-0.3, -0.25) is 0 Å². The molecule has 0 radical (unpaired) electrons. The normalized spacial score (nSPS) is 10.5. The van der Waals surface area contributed by atoms with Gasteiger partial charge in [0, 0.05) is 14.9 Å². The molecule has 2 rings (SSSR count). The van der Waals surface area contributed by atoms with Crippen LogP contribution in [0.15, 0.2) is 40.9 Å². The summed E-state index contributed by atoms with van der Waals surface area (Å²) in [5.74, 6) is 0. The Balaban J connectivity index is 2.95. The van der Waals surface area contributed by atoms with E-state index in [-0.39, 0.29) is 0 Å². The maximum absolute atomic E-state index is 6.01. The molecule has 0 heterocycles. The number of fused-ring (bicyclic) bond motifs is 1. The smallest absolute Gasteiger partial charge is 0.0485 e. The lowest BCUT2D eigenvalue weighted by Gasteiger charge is -2.01. The van der Waals surface area contributed by atoms with Crippen molar-refractivity contribution in [3.63, 3.8) is 0 Å².